The average molecular weight is 490 g/mol. The predicted molar refractivity (Wildman–Crippen MR) is 156 cm³/mol. The Morgan fingerprint density at radius 2 is 0.857 bits per heavy atom. The van der Waals surface area contributed by atoms with Gasteiger partial charge in [-0.15, -0.1) is 0 Å². The zero-order valence-electron chi connectivity index (χ0n) is 24.6. The Morgan fingerprint density at radius 3 is 1.26 bits per heavy atom. The fourth-order valence-corrected chi connectivity index (χ4v) is 5.52. The van der Waals surface area contributed by atoms with Crippen molar-refractivity contribution < 1.29 is 4.57 Å². The molecule has 0 aliphatic rings. The van der Waals surface area contributed by atoms with E-state index < -0.39 is 0 Å². The first kappa shape index (κ1) is 32.2. The first-order valence-electron chi connectivity index (χ1n) is 16.4. The van der Waals surface area contributed by atoms with Gasteiger partial charge in [-0.25, -0.2) is 9.13 Å². The lowest BCUT2D eigenvalue weighted by Gasteiger charge is -2.06. The van der Waals surface area contributed by atoms with Gasteiger partial charge in [0.05, 0.1) is 13.1 Å². The van der Waals surface area contributed by atoms with Gasteiger partial charge in [0.15, 0.2) is 0 Å². The van der Waals surface area contributed by atoms with E-state index in [0.717, 1.165) is 6.54 Å². The summed E-state index contributed by atoms with van der Waals surface area (Å²) in [7, 11) is 0. The van der Waals surface area contributed by atoms with E-state index in [4.69, 9.17) is 0 Å². The zero-order valence-corrected chi connectivity index (χ0v) is 24.6. The Labute approximate surface area is 221 Å². The van der Waals surface area contributed by atoms with Gasteiger partial charge in [0.25, 0.3) is 5.82 Å². The first-order valence-corrected chi connectivity index (χ1v) is 16.4. The van der Waals surface area contributed by atoms with Crippen LogP contribution in [0.1, 0.15) is 181 Å². The summed E-state index contributed by atoms with van der Waals surface area (Å²) in [6, 6.07) is 0. The second kappa shape index (κ2) is 24.9. The number of nitrogens with zero attached hydrogens (tertiary/aromatic N) is 2. The highest BCUT2D eigenvalue weighted by atomic mass is 15.1. The average Bonchev–Trinajstić information content (AvgIpc) is 3.27. The van der Waals surface area contributed by atoms with Crippen LogP contribution in [-0.4, -0.2) is 4.57 Å². The molecule has 35 heavy (non-hydrogen) atoms. The van der Waals surface area contributed by atoms with E-state index in [1.807, 2.05) is 0 Å². The van der Waals surface area contributed by atoms with Gasteiger partial charge in [-0.1, -0.05) is 149 Å². The Balaban J connectivity index is 1.99. The summed E-state index contributed by atoms with van der Waals surface area (Å²) in [5.41, 5.74) is 0. The fourth-order valence-electron chi connectivity index (χ4n) is 5.52. The minimum atomic E-state index is 1.11. The number of unbranched alkanes of at least 4 members (excludes halogenated alkanes) is 22. The van der Waals surface area contributed by atoms with Gasteiger partial charge in [-0.3, -0.25) is 0 Å². The van der Waals surface area contributed by atoms with Crippen LogP contribution in [0.25, 0.3) is 0 Å². The van der Waals surface area contributed by atoms with Crippen molar-refractivity contribution in [1.82, 2.24) is 4.57 Å². The van der Waals surface area contributed by atoms with Crippen LogP contribution >= 0.6 is 0 Å². The maximum Gasteiger partial charge on any atom is 0.256 e. The van der Waals surface area contributed by atoms with E-state index in [-0.39, 0.29) is 0 Å². The summed E-state index contributed by atoms with van der Waals surface area (Å²) in [5.74, 6) is 1.57. The number of rotatable bonds is 27. The van der Waals surface area contributed by atoms with Gasteiger partial charge in [-0.05, 0) is 26.2 Å². The predicted octanol–water partition coefficient (Wildman–Crippen LogP) is 10.7. The summed E-state index contributed by atoms with van der Waals surface area (Å²) in [6.45, 7) is 9.23. The molecule has 0 atom stereocenters. The van der Waals surface area contributed by atoms with Crippen molar-refractivity contribution in [3.05, 3.63) is 18.2 Å². The molecule has 0 radical (unpaired) electrons. The molecule has 2 nitrogen and oxygen atoms in total. The molecular weight excluding hydrogens is 424 g/mol. The quantitative estimate of drug-likeness (QED) is 0.0858. The highest BCUT2D eigenvalue weighted by Crippen LogP contribution is 2.14. The van der Waals surface area contributed by atoms with Crippen molar-refractivity contribution in [3.8, 4) is 0 Å². The molecule has 0 unspecified atom stereocenters. The van der Waals surface area contributed by atoms with E-state index in [1.54, 1.807) is 5.82 Å². The smallest absolute Gasteiger partial charge is 0.235 e. The zero-order chi connectivity index (χ0) is 25.2. The Morgan fingerprint density at radius 1 is 0.486 bits per heavy atom. The molecule has 0 N–H and O–H groups in total. The highest BCUT2D eigenvalue weighted by molar-refractivity contribution is 4.83. The molecule has 0 saturated heterocycles. The van der Waals surface area contributed by atoms with Crippen LogP contribution in [0.15, 0.2) is 12.4 Å². The number of hydrogen-bond donors (Lipinski definition) is 0. The highest BCUT2D eigenvalue weighted by Gasteiger charge is 2.15. The van der Waals surface area contributed by atoms with Crippen LogP contribution < -0.4 is 4.57 Å². The van der Waals surface area contributed by atoms with Crippen molar-refractivity contribution in [2.45, 2.75) is 194 Å². The van der Waals surface area contributed by atoms with Crippen LogP contribution in [0.3, 0.4) is 0 Å². The van der Waals surface area contributed by atoms with Crippen molar-refractivity contribution in [2.75, 3.05) is 0 Å². The van der Waals surface area contributed by atoms with Crippen molar-refractivity contribution >= 4 is 0 Å². The maximum absolute atomic E-state index is 2.56. The van der Waals surface area contributed by atoms with Crippen LogP contribution in [0.5, 0.6) is 0 Å². The van der Waals surface area contributed by atoms with Crippen LogP contribution in [0.2, 0.25) is 0 Å². The Hall–Kier alpha value is -0.790. The van der Waals surface area contributed by atoms with Crippen LogP contribution in [0, 0.1) is 0 Å². The molecule has 0 aromatic carbocycles. The van der Waals surface area contributed by atoms with Crippen molar-refractivity contribution in [2.24, 2.45) is 0 Å². The van der Waals surface area contributed by atoms with E-state index in [9.17, 15) is 0 Å². The van der Waals surface area contributed by atoms with E-state index in [0.29, 0.717) is 0 Å². The molecular formula is C33H65N2+. The van der Waals surface area contributed by atoms with Crippen molar-refractivity contribution in [3.63, 3.8) is 0 Å². The molecule has 1 aromatic rings. The summed E-state index contributed by atoms with van der Waals surface area (Å²) < 4.78 is 5.04. The molecule has 1 rings (SSSR count). The number of hydrogen-bond acceptors (Lipinski definition) is 0. The van der Waals surface area contributed by atoms with Gasteiger partial charge in [0.2, 0.25) is 0 Å². The largest absolute Gasteiger partial charge is 0.256 e. The fraction of sp³-hybridized carbons (Fsp3) is 0.909. The lowest BCUT2D eigenvalue weighted by Crippen LogP contribution is -2.37. The van der Waals surface area contributed by atoms with Gasteiger partial charge in [-0.2, -0.15) is 0 Å². The molecule has 0 fully saturated rings. The van der Waals surface area contributed by atoms with Crippen LogP contribution in [-0.2, 0) is 19.5 Å². The Kier molecular flexibility index (Phi) is 22.9. The SMILES string of the molecule is CCCCCCCCCCCCCCCCCCc1n(CC)cc[n+]1CCCCCCCCCC. The van der Waals surface area contributed by atoms with Crippen LogP contribution in [0.4, 0.5) is 0 Å². The second-order valence-corrected chi connectivity index (χ2v) is 11.2. The minimum absolute atomic E-state index is 1.11. The molecule has 206 valence electrons. The second-order valence-electron chi connectivity index (χ2n) is 11.2. The standard InChI is InChI=1S/C33H65N2/c1-4-7-9-11-13-15-16-17-18-19-20-21-22-23-25-27-29-33-34(6-3)31-32-35(33)30-28-26-24-14-12-10-8-5-2/h31-32H,4-30H2,1-3H3/q+1. The number of aromatic nitrogens is 2. The summed E-state index contributed by atoms with van der Waals surface area (Å²) in [5, 5.41) is 0. The molecule has 1 heterocycles. The Bertz CT molecular complexity index is 547. The van der Waals surface area contributed by atoms with Gasteiger partial charge < -0.3 is 0 Å². The lowest BCUT2D eigenvalue weighted by molar-refractivity contribution is -0.704. The summed E-state index contributed by atoms with van der Waals surface area (Å²) in [4.78, 5) is 0. The molecule has 2 heteroatoms. The summed E-state index contributed by atoms with van der Waals surface area (Å²) >= 11 is 0. The first-order chi connectivity index (χ1) is 17.3. The minimum Gasteiger partial charge on any atom is -0.235 e. The van der Waals surface area contributed by atoms with Gasteiger partial charge >= 0.3 is 0 Å². The molecule has 0 spiro atoms. The lowest BCUT2D eigenvalue weighted by atomic mass is 10.0. The third-order valence-electron chi connectivity index (χ3n) is 7.94. The maximum atomic E-state index is 2.56. The topological polar surface area (TPSA) is 8.81 Å². The van der Waals surface area contributed by atoms with Gasteiger partial charge in [0, 0.05) is 6.42 Å². The van der Waals surface area contributed by atoms with E-state index >= 15 is 0 Å². The third kappa shape index (κ3) is 18.2. The van der Waals surface area contributed by atoms with E-state index in [1.165, 1.54) is 167 Å². The number of aryl methyl sites for hydroxylation is 2. The molecule has 0 saturated carbocycles. The molecule has 0 bridgehead atoms. The molecule has 0 amide bonds. The normalized spacial score (nSPS) is 11.5. The molecule has 1 aromatic heterocycles. The van der Waals surface area contributed by atoms with Gasteiger partial charge in [0.1, 0.15) is 12.4 Å². The summed E-state index contributed by atoms with van der Waals surface area (Å²) in [6.07, 6.45) is 40.3. The third-order valence-corrected chi connectivity index (χ3v) is 7.94. The number of imidazole rings is 1. The van der Waals surface area contributed by atoms with Crippen molar-refractivity contribution in [1.29, 1.82) is 0 Å². The monoisotopic (exact) mass is 490 g/mol. The molecule has 0 aliphatic heterocycles. The molecule has 0 aliphatic carbocycles. The van der Waals surface area contributed by atoms with E-state index in [2.05, 4.69) is 42.3 Å².